The van der Waals surface area contributed by atoms with Crippen molar-refractivity contribution in [3.05, 3.63) is 134 Å². The lowest BCUT2D eigenvalue weighted by atomic mass is 10.0. The molecule has 472 valence electrons. The lowest BCUT2D eigenvalue weighted by molar-refractivity contribution is -0.167. The molecule has 0 rings (SSSR count). The first-order chi connectivity index (χ1) is 41.0. The molecule has 0 aliphatic carbocycles. The highest BCUT2D eigenvalue weighted by molar-refractivity contribution is 5.71. The molecule has 0 spiro atoms. The molecule has 1 unspecified atom stereocenters. The molecule has 0 aromatic carbocycles. The maximum Gasteiger partial charge on any atom is 0.306 e. The normalized spacial score (nSPS) is 13.0. The van der Waals surface area contributed by atoms with Gasteiger partial charge < -0.3 is 14.2 Å². The van der Waals surface area contributed by atoms with Gasteiger partial charge in [0.05, 0.1) is 0 Å². The van der Waals surface area contributed by atoms with Crippen molar-refractivity contribution in [2.24, 2.45) is 0 Å². The van der Waals surface area contributed by atoms with Crippen molar-refractivity contribution in [1.29, 1.82) is 0 Å². The summed E-state index contributed by atoms with van der Waals surface area (Å²) in [5.74, 6) is -1.01. The number of carbonyl (C=O) groups excluding carboxylic acids is 3. The van der Waals surface area contributed by atoms with Crippen molar-refractivity contribution < 1.29 is 28.6 Å². The van der Waals surface area contributed by atoms with Crippen LogP contribution in [0.5, 0.6) is 0 Å². The lowest BCUT2D eigenvalue weighted by Gasteiger charge is -2.18. The fraction of sp³-hybridized carbons (Fsp3) is 0.675. The second-order valence-electron chi connectivity index (χ2n) is 22.7. The van der Waals surface area contributed by atoms with Crippen molar-refractivity contribution in [2.75, 3.05) is 13.2 Å². The van der Waals surface area contributed by atoms with E-state index < -0.39 is 6.10 Å². The van der Waals surface area contributed by atoms with Crippen molar-refractivity contribution in [2.45, 2.75) is 322 Å². The third-order valence-corrected chi connectivity index (χ3v) is 14.7. The summed E-state index contributed by atoms with van der Waals surface area (Å²) in [5, 5.41) is 0. The number of rotatable bonds is 62. The summed E-state index contributed by atoms with van der Waals surface area (Å²) in [6.07, 6.45) is 99.2. The number of ether oxygens (including phenoxy) is 3. The first-order valence-electron chi connectivity index (χ1n) is 34.7. The van der Waals surface area contributed by atoms with Gasteiger partial charge in [-0.25, -0.2) is 0 Å². The average molecular weight is 1150 g/mol. The van der Waals surface area contributed by atoms with E-state index in [2.05, 4.69) is 154 Å². The number of unbranched alkanes of at least 4 members (excludes halogenated alkanes) is 29. The van der Waals surface area contributed by atoms with E-state index in [0.717, 1.165) is 109 Å². The molecular formula is C77H128O6. The minimum atomic E-state index is -0.830. The molecule has 0 aromatic rings. The standard InChI is InChI=1S/C77H128O6/c1-4-7-10-13-16-19-22-25-28-31-33-35-36-37-38-39-40-42-43-46-49-52-55-58-61-64-67-70-76(79)82-73-74(72-81-75(78)69-66-63-60-57-54-51-48-45-30-27-24-21-18-15-12-9-6-3)83-77(80)71-68-65-62-59-56-53-50-47-44-41-34-32-29-26-23-20-17-14-11-8-5-2/h8-9,11-12,17-18,20-21,26-27,29-30,34,41,47-48,50-51,56-57,59-60,74H,4-7,10,13-16,19,22-25,28,31-33,35-40,42-46,49,52-55,58,61-73H2,1-3H3/b11-8-,12-9-,20-17-,21-18-,29-26-,30-27-,41-34-,50-47-,51-48-,59-56-,60-57-. The van der Waals surface area contributed by atoms with Gasteiger partial charge in [-0.15, -0.1) is 0 Å². The van der Waals surface area contributed by atoms with Gasteiger partial charge in [-0.05, 0) is 109 Å². The van der Waals surface area contributed by atoms with Crippen molar-refractivity contribution >= 4 is 17.9 Å². The highest BCUT2D eigenvalue weighted by atomic mass is 16.6. The summed E-state index contributed by atoms with van der Waals surface area (Å²) in [6, 6.07) is 0. The van der Waals surface area contributed by atoms with Gasteiger partial charge in [-0.1, -0.05) is 321 Å². The topological polar surface area (TPSA) is 78.9 Å². The third kappa shape index (κ3) is 68.2. The van der Waals surface area contributed by atoms with Crippen LogP contribution in [0.15, 0.2) is 134 Å². The smallest absolute Gasteiger partial charge is 0.306 e. The molecule has 0 saturated carbocycles. The van der Waals surface area contributed by atoms with Crippen molar-refractivity contribution in [3.8, 4) is 0 Å². The third-order valence-electron chi connectivity index (χ3n) is 14.7. The molecule has 0 radical (unpaired) electrons. The molecule has 0 heterocycles. The summed E-state index contributed by atoms with van der Waals surface area (Å²) in [5.41, 5.74) is 0. The summed E-state index contributed by atoms with van der Waals surface area (Å²) < 4.78 is 16.9. The Morgan fingerprint density at radius 1 is 0.253 bits per heavy atom. The Bertz CT molecular complexity index is 1750. The van der Waals surface area contributed by atoms with Gasteiger partial charge in [-0.3, -0.25) is 14.4 Å². The predicted molar refractivity (Wildman–Crippen MR) is 362 cm³/mol. The Labute approximate surface area is 513 Å². The van der Waals surface area contributed by atoms with E-state index in [0.29, 0.717) is 19.3 Å². The maximum atomic E-state index is 12.9. The van der Waals surface area contributed by atoms with Gasteiger partial charge in [0.1, 0.15) is 13.2 Å². The second kappa shape index (κ2) is 70.0. The average Bonchev–Trinajstić information content (AvgIpc) is 3.50. The van der Waals surface area contributed by atoms with Crippen LogP contribution >= 0.6 is 0 Å². The van der Waals surface area contributed by atoms with Crippen LogP contribution < -0.4 is 0 Å². The van der Waals surface area contributed by atoms with Crippen LogP contribution in [0.25, 0.3) is 0 Å². The van der Waals surface area contributed by atoms with E-state index in [9.17, 15) is 14.4 Å². The summed E-state index contributed by atoms with van der Waals surface area (Å²) in [7, 11) is 0. The molecule has 0 saturated heterocycles. The molecule has 0 aliphatic heterocycles. The van der Waals surface area contributed by atoms with Gasteiger partial charge in [0, 0.05) is 19.3 Å². The SMILES string of the molecule is CC/C=C\C/C=C\C/C=C\C/C=C\C/C=C\C/C=C\CCCCC(=O)OC(COC(=O)CCC/C=C\C/C=C\C/C=C\C/C=C\C/C=C\CC)COC(=O)CCCCCCCCCCCCCCCCCCCCCCCCCCCCC. The summed E-state index contributed by atoms with van der Waals surface area (Å²) in [4.78, 5) is 38.4. The molecule has 6 heteroatoms. The van der Waals surface area contributed by atoms with E-state index in [-0.39, 0.29) is 44.0 Å². The first kappa shape index (κ1) is 78.5. The maximum absolute atomic E-state index is 12.9. The van der Waals surface area contributed by atoms with E-state index >= 15 is 0 Å². The molecule has 0 aromatic heterocycles. The van der Waals surface area contributed by atoms with Crippen molar-refractivity contribution in [1.82, 2.24) is 0 Å². The molecule has 1 atom stereocenters. The predicted octanol–water partition coefficient (Wildman–Crippen LogP) is 24.1. The molecule has 6 nitrogen and oxygen atoms in total. The molecule has 0 fully saturated rings. The van der Waals surface area contributed by atoms with E-state index in [1.165, 1.54) is 154 Å². The minimum absolute atomic E-state index is 0.115. The number of allylic oxidation sites excluding steroid dienone is 22. The Morgan fingerprint density at radius 3 is 0.783 bits per heavy atom. The van der Waals surface area contributed by atoms with E-state index in [4.69, 9.17) is 14.2 Å². The first-order valence-corrected chi connectivity index (χ1v) is 34.7. The summed E-state index contributed by atoms with van der Waals surface area (Å²) >= 11 is 0. The zero-order valence-corrected chi connectivity index (χ0v) is 54.2. The van der Waals surface area contributed by atoms with Crippen molar-refractivity contribution in [3.63, 3.8) is 0 Å². The van der Waals surface area contributed by atoms with Crippen LogP contribution in [-0.2, 0) is 28.6 Å². The molecule has 0 aliphatic rings. The Balaban J connectivity index is 4.43. The van der Waals surface area contributed by atoms with E-state index in [1.807, 2.05) is 0 Å². The van der Waals surface area contributed by atoms with Crippen LogP contribution in [0.1, 0.15) is 316 Å². The summed E-state index contributed by atoms with van der Waals surface area (Å²) in [6.45, 7) is 6.36. The monoisotopic (exact) mass is 1150 g/mol. The quantitative estimate of drug-likeness (QED) is 0.0261. The molecule has 0 amide bonds. The minimum Gasteiger partial charge on any atom is -0.462 e. The van der Waals surface area contributed by atoms with Gasteiger partial charge >= 0.3 is 17.9 Å². The molecule has 0 bridgehead atoms. The molecular weight excluding hydrogens is 1020 g/mol. The van der Waals surface area contributed by atoms with Crippen LogP contribution in [-0.4, -0.2) is 37.2 Å². The number of hydrogen-bond donors (Lipinski definition) is 0. The Hall–Kier alpha value is -4.45. The van der Waals surface area contributed by atoms with Crippen LogP contribution in [0.2, 0.25) is 0 Å². The van der Waals surface area contributed by atoms with Gasteiger partial charge in [0.25, 0.3) is 0 Å². The number of esters is 3. The molecule has 0 N–H and O–H groups in total. The number of hydrogen-bond acceptors (Lipinski definition) is 6. The largest absolute Gasteiger partial charge is 0.462 e. The highest BCUT2D eigenvalue weighted by Crippen LogP contribution is 2.17. The second-order valence-corrected chi connectivity index (χ2v) is 22.7. The number of carbonyl (C=O) groups is 3. The van der Waals surface area contributed by atoms with Gasteiger partial charge in [0.15, 0.2) is 6.10 Å². The lowest BCUT2D eigenvalue weighted by Crippen LogP contribution is -2.30. The van der Waals surface area contributed by atoms with Crippen LogP contribution in [0.4, 0.5) is 0 Å². The molecule has 83 heavy (non-hydrogen) atoms. The van der Waals surface area contributed by atoms with Crippen LogP contribution in [0, 0.1) is 0 Å². The fourth-order valence-electron chi connectivity index (χ4n) is 9.54. The van der Waals surface area contributed by atoms with Gasteiger partial charge in [0.2, 0.25) is 0 Å². The Morgan fingerprint density at radius 2 is 0.482 bits per heavy atom. The zero-order valence-electron chi connectivity index (χ0n) is 54.2. The zero-order chi connectivity index (χ0) is 59.9. The van der Waals surface area contributed by atoms with Gasteiger partial charge in [-0.2, -0.15) is 0 Å². The fourth-order valence-corrected chi connectivity index (χ4v) is 9.54. The highest BCUT2D eigenvalue weighted by Gasteiger charge is 2.19. The Kier molecular flexibility index (Phi) is 66.3. The van der Waals surface area contributed by atoms with E-state index in [1.54, 1.807) is 0 Å². The van der Waals surface area contributed by atoms with Crippen LogP contribution in [0.3, 0.4) is 0 Å².